The number of rotatable bonds is 2. The molecule has 0 spiro atoms. The van der Waals surface area contributed by atoms with Crippen LogP contribution >= 0.6 is 0 Å². The van der Waals surface area contributed by atoms with Gasteiger partial charge in [-0.3, -0.25) is 0 Å². The zero-order valence-corrected chi connectivity index (χ0v) is 9.65. The Bertz CT molecular complexity index is 755. The van der Waals surface area contributed by atoms with Crippen molar-refractivity contribution >= 4 is 16.7 Å². The molecule has 0 fully saturated rings. The normalized spacial score (nSPS) is 10.8. The van der Waals surface area contributed by atoms with Gasteiger partial charge >= 0.3 is 0 Å². The minimum atomic E-state index is -0.974. The molecule has 96 valence electrons. The number of ether oxygens (including phenoxy) is 1. The zero-order chi connectivity index (χ0) is 13.4. The van der Waals surface area contributed by atoms with Gasteiger partial charge in [-0.05, 0) is 30.3 Å². The number of aromatic amines is 1. The van der Waals surface area contributed by atoms with Gasteiger partial charge in [-0.1, -0.05) is 0 Å². The highest BCUT2D eigenvalue weighted by atomic mass is 19.2. The van der Waals surface area contributed by atoms with Crippen LogP contribution in [0.4, 0.5) is 14.5 Å². The van der Waals surface area contributed by atoms with Crippen LogP contribution in [0, 0.1) is 11.6 Å². The van der Waals surface area contributed by atoms with E-state index in [4.69, 9.17) is 10.5 Å². The number of anilines is 1. The zero-order valence-electron chi connectivity index (χ0n) is 9.65. The lowest BCUT2D eigenvalue weighted by Crippen LogP contribution is -1.89. The summed E-state index contributed by atoms with van der Waals surface area (Å²) in [4.78, 5) is 7.04. The molecule has 0 aliphatic carbocycles. The lowest BCUT2D eigenvalue weighted by molar-refractivity contribution is 0.437. The van der Waals surface area contributed by atoms with Crippen LogP contribution in [0.15, 0.2) is 36.4 Å². The first-order valence-corrected chi connectivity index (χ1v) is 5.50. The van der Waals surface area contributed by atoms with Gasteiger partial charge in [0.2, 0.25) is 0 Å². The molecular formula is C13H9F2N3O. The Hall–Kier alpha value is -2.63. The molecule has 0 aliphatic heterocycles. The molecule has 6 heteroatoms. The van der Waals surface area contributed by atoms with Gasteiger partial charge < -0.3 is 15.5 Å². The summed E-state index contributed by atoms with van der Waals surface area (Å²) in [5.74, 6) is -1.74. The summed E-state index contributed by atoms with van der Waals surface area (Å²) >= 11 is 0. The van der Waals surface area contributed by atoms with Crippen molar-refractivity contribution in [3.05, 3.63) is 48.0 Å². The molecule has 0 amide bonds. The van der Waals surface area contributed by atoms with Gasteiger partial charge in [0.15, 0.2) is 11.6 Å². The van der Waals surface area contributed by atoms with Crippen molar-refractivity contribution < 1.29 is 13.5 Å². The molecule has 2 aromatic carbocycles. The topological polar surface area (TPSA) is 63.9 Å². The Morgan fingerprint density at radius 1 is 1.05 bits per heavy atom. The van der Waals surface area contributed by atoms with Crippen LogP contribution in [0.25, 0.3) is 11.0 Å². The van der Waals surface area contributed by atoms with Gasteiger partial charge in [-0.15, -0.1) is 0 Å². The molecule has 3 N–H and O–H groups in total. The highest BCUT2D eigenvalue weighted by Gasteiger charge is 2.08. The van der Waals surface area contributed by atoms with Crippen molar-refractivity contribution in [2.24, 2.45) is 0 Å². The van der Waals surface area contributed by atoms with Crippen LogP contribution in [0.3, 0.4) is 0 Å². The fourth-order valence-corrected chi connectivity index (χ4v) is 1.70. The van der Waals surface area contributed by atoms with Gasteiger partial charge in [0.05, 0.1) is 11.0 Å². The number of benzene rings is 2. The Balaban J connectivity index is 1.94. The Morgan fingerprint density at radius 3 is 2.68 bits per heavy atom. The maximum absolute atomic E-state index is 13.0. The molecule has 0 saturated heterocycles. The third-order valence-corrected chi connectivity index (χ3v) is 2.59. The second-order valence-electron chi connectivity index (χ2n) is 4.00. The van der Waals surface area contributed by atoms with E-state index in [1.165, 1.54) is 6.07 Å². The van der Waals surface area contributed by atoms with E-state index in [-0.39, 0.29) is 11.8 Å². The van der Waals surface area contributed by atoms with Crippen LogP contribution in [0.1, 0.15) is 0 Å². The average Bonchev–Trinajstić information content (AvgIpc) is 2.75. The highest BCUT2D eigenvalue weighted by Crippen LogP contribution is 2.24. The molecule has 0 atom stereocenters. The molecule has 0 aliphatic rings. The molecule has 4 nitrogen and oxygen atoms in total. The summed E-state index contributed by atoms with van der Waals surface area (Å²) in [7, 11) is 0. The number of H-pyrrole nitrogens is 1. The largest absolute Gasteiger partial charge is 0.426 e. The van der Waals surface area contributed by atoms with E-state index in [9.17, 15) is 8.78 Å². The molecular weight excluding hydrogens is 252 g/mol. The number of imidazole rings is 1. The van der Waals surface area contributed by atoms with Gasteiger partial charge in [0.1, 0.15) is 5.75 Å². The third kappa shape index (κ3) is 2.20. The van der Waals surface area contributed by atoms with E-state index in [0.29, 0.717) is 16.7 Å². The standard InChI is InChI=1S/C13H9F2N3O/c14-9-3-2-8(6-10(9)15)19-13-17-11-4-1-7(16)5-12(11)18-13/h1-6H,16H2,(H,17,18). The molecule has 1 aromatic heterocycles. The van der Waals surface area contributed by atoms with E-state index in [0.717, 1.165) is 12.1 Å². The van der Waals surface area contributed by atoms with Crippen LogP contribution in [-0.2, 0) is 0 Å². The van der Waals surface area contributed by atoms with Gasteiger partial charge in [0, 0.05) is 11.8 Å². The van der Waals surface area contributed by atoms with E-state index >= 15 is 0 Å². The summed E-state index contributed by atoms with van der Waals surface area (Å²) in [6, 6.07) is 8.61. The van der Waals surface area contributed by atoms with E-state index in [1.54, 1.807) is 18.2 Å². The number of hydrogen-bond donors (Lipinski definition) is 2. The highest BCUT2D eigenvalue weighted by molar-refractivity contribution is 5.79. The van der Waals surface area contributed by atoms with E-state index < -0.39 is 11.6 Å². The first-order valence-electron chi connectivity index (χ1n) is 5.50. The molecule has 0 unspecified atom stereocenters. The quantitative estimate of drug-likeness (QED) is 0.696. The van der Waals surface area contributed by atoms with Gasteiger partial charge in [-0.25, -0.2) is 8.78 Å². The second-order valence-corrected chi connectivity index (χ2v) is 4.00. The van der Waals surface area contributed by atoms with Crippen molar-refractivity contribution in [1.82, 2.24) is 9.97 Å². The first-order chi connectivity index (χ1) is 9.11. The number of nitrogens with zero attached hydrogens (tertiary/aromatic N) is 1. The summed E-state index contributed by atoms with van der Waals surface area (Å²) < 4.78 is 31.1. The van der Waals surface area contributed by atoms with Crippen LogP contribution < -0.4 is 10.5 Å². The Labute approximate surface area is 106 Å². The van der Waals surface area contributed by atoms with Gasteiger partial charge in [-0.2, -0.15) is 4.98 Å². The third-order valence-electron chi connectivity index (χ3n) is 2.59. The van der Waals surface area contributed by atoms with E-state index in [2.05, 4.69) is 9.97 Å². The van der Waals surface area contributed by atoms with Gasteiger partial charge in [0.25, 0.3) is 6.01 Å². The Morgan fingerprint density at radius 2 is 1.89 bits per heavy atom. The summed E-state index contributed by atoms with van der Waals surface area (Å²) in [5.41, 5.74) is 7.61. The predicted octanol–water partition coefficient (Wildman–Crippen LogP) is 3.22. The molecule has 1 heterocycles. The fraction of sp³-hybridized carbons (Fsp3) is 0. The fourth-order valence-electron chi connectivity index (χ4n) is 1.70. The summed E-state index contributed by atoms with van der Waals surface area (Å²) in [6.07, 6.45) is 0. The van der Waals surface area contributed by atoms with Crippen molar-refractivity contribution in [3.8, 4) is 11.8 Å². The van der Waals surface area contributed by atoms with Crippen LogP contribution in [0.2, 0.25) is 0 Å². The summed E-state index contributed by atoms with van der Waals surface area (Å²) in [5, 5.41) is 0. The van der Waals surface area contributed by atoms with Crippen molar-refractivity contribution in [3.63, 3.8) is 0 Å². The molecule has 3 aromatic rings. The number of nitrogens with one attached hydrogen (secondary N) is 1. The van der Waals surface area contributed by atoms with Crippen molar-refractivity contribution in [2.45, 2.75) is 0 Å². The number of fused-ring (bicyclic) bond motifs is 1. The molecule has 0 radical (unpaired) electrons. The molecule has 0 saturated carbocycles. The number of nitrogens with two attached hydrogens (primary N) is 1. The SMILES string of the molecule is Nc1ccc2nc(Oc3ccc(F)c(F)c3)[nH]c2c1. The Kier molecular flexibility index (Phi) is 2.56. The van der Waals surface area contributed by atoms with Crippen LogP contribution in [-0.4, -0.2) is 9.97 Å². The predicted molar refractivity (Wildman–Crippen MR) is 66.9 cm³/mol. The minimum absolute atomic E-state index is 0.158. The van der Waals surface area contributed by atoms with Crippen molar-refractivity contribution in [1.29, 1.82) is 0 Å². The second kappa shape index (κ2) is 4.24. The minimum Gasteiger partial charge on any atom is -0.426 e. The average molecular weight is 261 g/mol. The first kappa shape index (κ1) is 11.5. The lowest BCUT2D eigenvalue weighted by atomic mass is 10.3. The number of hydrogen-bond acceptors (Lipinski definition) is 3. The van der Waals surface area contributed by atoms with E-state index in [1.807, 2.05) is 0 Å². The number of aromatic nitrogens is 2. The lowest BCUT2D eigenvalue weighted by Gasteiger charge is -2.01. The smallest absolute Gasteiger partial charge is 0.300 e. The monoisotopic (exact) mass is 261 g/mol. The molecule has 0 bridgehead atoms. The van der Waals surface area contributed by atoms with Crippen LogP contribution in [0.5, 0.6) is 11.8 Å². The van der Waals surface area contributed by atoms with Crippen molar-refractivity contribution in [2.75, 3.05) is 5.73 Å². The number of halogens is 2. The molecule has 3 rings (SSSR count). The maximum atomic E-state index is 13.0. The number of nitrogen functional groups attached to an aromatic ring is 1. The maximum Gasteiger partial charge on any atom is 0.300 e. The summed E-state index contributed by atoms with van der Waals surface area (Å²) in [6.45, 7) is 0. The molecule has 19 heavy (non-hydrogen) atoms.